The van der Waals surface area contributed by atoms with E-state index in [1.54, 1.807) is 0 Å². The van der Waals surface area contributed by atoms with Crippen LogP contribution >= 0.6 is 0 Å². The highest BCUT2D eigenvalue weighted by molar-refractivity contribution is 4.44. The summed E-state index contributed by atoms with van der Waals surface area (Å²) in [6.07, 6.45) is 2.11. The average Bonchev–Trinajstić information content (AvgIpc) is 2.20. The molecule has 0 saturated carbocycles. The van der Waals surface area contributed by atoms with Gasteiger partial charge in [0.15, 0.2) is 0 Å². The van der Waals surface area contributed by atoms with Crippen LogP contribution in [0.1, 0.15) is 35.0 Å². The first-order valence-corrected chi connectivity index (χ1v) is 6.13. The summed E-state index contributed by atoms with van der Waals surface area (Å²) in [6, 6.07) is 0. The number of hydrogen-bond acceptors (Lipinski definition) is 3. The zero-order chi connectivity index (χ0) is 11.4. The van der Waals surface area contributed by atoms with Gasteiger partial charge in [0.25, 0.3) is 0 Å². The van der Waals surface area contributed by atoms with E-state index in [2.05, 4.69) is 26.1 Å². The predicted molar refractivity (Wildman–Crippen MR) is 66.4 cm³/mol. The minimum Gasteiger partial charge on any atom is -0.381 e. The summed E-state index contributed by atoms with van der Waals surface area (Å²) >= 11 is 0. The van der Waals surface area contributed by atoms with Gasteiger partial charge in [-0.2, -0.15) is 0 Å². The number of nitrogens with one attached hydrogen (secondary N) is 1. The molecule has 15 heavy (non-hydrogen) atoms. The van der Waals surface area contributed by atoms with Crippen LogP contribution in [0.2, 0.25) is 0 Å². The fraction of sp³-hybridized carbons (Fsp3) is 1.00. The summed E-state index contributed by atoms with van der Waals surface area (Å²) in [4.78, 5) is 0. The van der Waals surface area contributed by atoms with Crippen LogP contribution in [-0.4, -0.2) is 39.5 Å². The van der Waals surface area contributed by atoms with Crippen molar-refractivity contribution in [3.8, 4) is 0 Å². The Kier molecular flexibility index (Phi) is 11.9. The third-order valence-corrected chi connectivity index (χ3v) is 1.92. The second-order valence-corrected chi connectivity index (χ2v) is 4.14. The lowest BCUT2D eigenvalue weighted by Gasteiger charge is -2.07. The Labute approximate surface area is 96.0 Å². The van der Waals surface area contributed by atoms with Gasteiger partial charge in [0.1, 0.15) is 0 Å². The molecule has 0 rings (SSSR count). The molecule has 0 aromatic heterocycles. The molecule has 0 amide bonds. The van der Waals surface area contributed by atoms with Gasteiger partial charge in [-0.15, -0.1) is 0 Å². The van der Waals surface area contributed by atoms with Crippen LogP contribution in [0.5, 0.6) is 0 Å². The molecule has 94 valence electrons. The highest BCUT2D eigenvalue weighted by Gasteiger charge is 1.94. The first-order valence-electron chi connectivity index (χ1n) is 6.13. The van der Waals surface area contributed by atoms with E-state index < -0.39 is 0 Å². The molecule has 0 unspecified atom stereocenters. The van der Waals surface area contributed by atoms with Crippen molar-refractivity contribution in [3.05, 3.63) is 0 Å². The molecule has 0 radical (unpaired) electrons. The maximum Gasteiger partial charge on any atom is 0.0489 e. The van der Waals surface area contributed by atoms with Crippen molar-refractivity contribution in [2.75, 3.05) is 39.5 Å². The maximum absolute atomic E-state index is 5.47. The first kappa shape index (κ1) is 14.9. The summed E-state index contributed by atoms with van der Waals surface area (Å²) < 4.78 is 10.9. The summed E-state index contributed by atoms with van der Waals surface area (Å²) in [5, 5.41) is 3.27. The van der Waals surface area contributed by atoms with E-state index in [0.717, 1.165) is 52.4 Å². The lowest BCUT2D eigenvalue weighted by atomic mass is 10.2. The Balaban J connectivity index is 0. The van der Waals surface area contributed by atoms with Gasteiger partial charge in [-0.1, -0.05) is 20.8 Å². The van der Waals surface area contributed by atoms with Crippen molar-refractivity contribution < 1.29 is 10.9 Å². The van der Waals surface area contributed by atoms with Gasteiger partial charge in [-0.3, -0.25) is 0 Å². The van der Waals surface area contributed by atoms with Gasteiger partial charge >= 0.3 is 0 Å². The molecule has 3 heteroatoms. The quantitative estimate of drug-likeness (QED) is 0.541. The Morgan fingerprint density at radius 1 is 1.07 bits per heavy atom. The monoisotopic (exact) mass is 219 g/mol. The topological polar surface area (TPSA) is 30.5 Å². The van der Waals surface area contributed by atoms with Gasteiger partial charge in [0.05, 0.1) is 0 Å². The van der Waals surface area contributed by atoms with E-state index in [1.807, 2.05) is 0 Å². The van der Waals surface area contributed by atoms with E-state index in [-0.39, 0.29) is 1.43 Å². The molecule has 3 nitrogen and oxygen atoms in total. The minimum absolute atomic E-state index is 0. The van der Waals surface area contributed by atoms with Crippen molar-refractivity contribution in [1.29, 1.82) is 0 Å². The SMILES string of the molecule is CCNCCCOCCCOCC(C)C.[HH]. The highest BCUT2D eigenvalue weighted by atomic mass is 16.5. The minimum atomic E-state index is 0. The molecule has 0 spiro atoms. The number of ether oxygens (including phenoxy) is 2. The molecule has 0 saturated heterocycles. The zero-order valence-corrected chi connectivity index (χ0v) is 10.6. The van der Waals surface area contributed by atoms with Crippen LogP contribution in [0.15, 0.2) is 0 Å². The van der Waals surface area contributed by atoms with Gasteiger partial charge in [0, 0.05) is 27.9 Å². The lowest BCUT2D eigenvalue weighted by Crippen LogP contribution is -2.16. The molecule has 0 fully saturated rings. The van der Waals surface area contributed by atoms with Gasteiger partial charge in [-0.05, 0) is 31.8 Å². The Bertz CT molecular complexity index is 124. The normalized spacial score (nSPS) is 11.2. The average molecular weight is 219 g/mol. The fourth-order valence-electron chi connectivity index (χ4n) is 1.16. The lowest BCUT2D eigenvalue weighted by molar-refractivity contribution is 0.0708. The first-order chi connectivity index (χ1) is 7.27. The van der Waals surface area contributed by atoms with E-state index in [0.29, 0.717) is 5.92 Å². The third-order valence-electron chi connectivity index (χ3n) is 1.92. The van der Waals surface area contributed by atoms with E-state index in [9.17, 15) is 0 Å². The van der Waals surface area contributed by atoms with Crippen molar-refractivity contribution >= 4 is 0 Å². The summed E-state index contributed by atoms with van der Waals surface area (Å²) in [6.45, 7) is 11.9. The molecule has 0 aliphatic heterocycles. The second-order valence-electron chi connectivity index (χ2n) is 4.14. The van der Waals surface area contributed by atoms with Crippen molar-refractivity contribution in [1.82, 2.24) is 5.32 Å². The van der Waals surface area contributed by atoms with E-state index in [4.69, 9.17) is 9.47 Å². The van der Waals surface area contributed by atoms with Gasteiger partial charge in [0.2, 0.25) is 0 Å². The number of rotatable bonds is 11. The maximum atomic E-state index is 5.47. The number of hydrogen-bond donors (Lipinski definition) is 1. The molecular weight excluding hydrogens is 190 g/mol. The van der Waals surface area contributed by atoms with Crippen molar-refractivity contribution in [2.24, 2.45) is 5.92 Å². The summed E-state index contributed by atoms with van der Waals surface area (Å²) in [5.41, 5.74) is 0. The molecule has 0 aromatic rings. The van der Waals surface area contributed by atoms with Gasteiger partial charge < -0.3 is 14.8 Å². The van der Waals surface area contributed by atoms with Crippen LogP contribution in [0.25, 0.3) is 0 Å². The van der Waals surface area contributed by atoms with Crippen LogP contribution in [0.4, 0.5) is 0 Å². The highest BCUT2D eigenvalue weighted by Crippen LogP contribution is 1.94. The van der Waals surface area contributed by atoms with Crippen molar-refractivity contribution in [3.63, 3.8) is 0 Å². The molecule has 0 atom stereocenters. The zero-order valence-electron chi connectivity index (χ0n) is 10.6. The molecule has 0 aliphatic rings. The van der Waals surface area contributed by atoms with E-state index in [1.165, 1.54) is 0 Å². The molecule has 1 N–H and O–H groups in total. The molecule has 0 bridgehead atoms. The van der Waals surface area contributed by atoms with Crippen LogP contribution in [0, 0.1) is 5.92 Å². The standard InChI is InChI=1S/C12H27NO2.H2/c1-4-13-7-5-8-14-9-6-10-15-11-12(2)3;/h12-13H,4-11H2,1-3H3;1H. The molecule has 0 heterocycles. The smallest absolute Gasteiger partial charge is 0.0489 e. The molecular formula is C12H29NO2. The van der Waals surface area contributed by atoms with E-state index >= 15 is 0 Å². The fourth-order valence-corrected chi connectivity index (χ4v) is 1.16. The third kappa shape index (κ3) is 13.9. The van der Waals surface area contributed by atoms with Crippen LogP contribution < -0.4 is 5.32 Å². The molecule has 0 aliphatic carbocycles. The second kappa shape index (κ2) is 12.0. The van der Waals surface area contributed by atoms with Crippen LogP contribution in [0.3, 0.4) is 0 Å². The Hall–Kier alpha value is -0.120. The molecule has 0 aromatic carbocycles. The Morgan fingerprint density at radius 2 is 1.73 bits per heavy atom. The summed E-state index contributed by atoms with van der Waals surface area (Å²) in [7, 11) is 0. The largest absolute Gasteiger partial charge is 0.381 e. The summed E-state index contributed by atoms with van der Waals surface area (Å²) in [5.74, 6) is 0.631. The van der Waals surface area contributed by atoms with Gasteiger partial charge in [-0.25, -0.2) is 0 Å². The Morgan fingerprint density at radius 3 is 2.40 bits per heavy atom. The van der Waals surface area contributed by atoms with Crippen LogP contribution in [-0.2, 0) is 9.47 Å². The van der Waals surface area contributed by atoms with Crippen molar-refractivity contribution in [2.45, 2.75) is 33.6 Å². The predicted octanol–water partition coefficient (Wildman–Crippen LogP) is 2.31.